The van der Waals surface area contributed by atoms with Crippen LogP contribution in [0.1, 0.15) is 26.5 Å². The highest BCUT2D eigenvalue weighted by atomic mass is 79.9. The molecule has 6 heteroatoms. The number of hydrogen-bond donors (Lipinski definition) is 1. The maximum Gasteiger partial charge on any atom is 0.339 e. The van der Waals surface area contributed by atoms with Crippen LogP contribution >= 0.6 is 27.3 Å². The lowest BCUT2D eigenvalue weighted by Crippen LogP contribution is -2.08. The monoisotopic (exact) mass is 355 g/mol. The molecule has 0 aliphatic carbocycles. The van der Waals surface area contributed by atoms with E-state index in [1.54, 1.807) is 22.9 Å². The van der Waals surface area contributed by atoms with Gasteiger partial charge >= 0.3 is 5.97 Å². The van der Waals surface area contributed by atoms with Gasteiger partial charge in [0.25, 0.3) is 0 Å². The Hall–Kier alpha value is -1.40. The van der Waals surface area contributed by atoms with Crippen molar-refractivity contribution in [2.24, 2.45) is 0 Å². The predicted molar refractivity (Wildman–Crippen MR) is 81.9 cm³/mol. The summed E-state index contributed by atoms with van der Waals surface area (Å²) in [5.41, 5.74) is 3.79. The van der Waals surface area contributed by atoms with E-state index in [1.165, 1.54) is 0 Å². The molecule has 4 nitrogen and oxygen atoms in total. The molecule has 106 valence electrons. The molecule has 1 N–H and O–H groups in total. The van der Waals surface area contributed by atoms with Crippen LogP contribution in [0.2, 0.25) is 0 Å². The minimum atomic E-state index is -0.988. The summed E-state index contributed by atoms with van der Waals surface area (Å²) in [6.07, 6.45) is 0.727. The fourth-order valence-electron chi connectivity index (χ4n) is 1.89. The van der Waals surface area contributed by atoms with E-state index >= 15 is 0 Å². The smallest absolute Gasteiger partial charge is 0.339 e. The Kier molecular flexibility index (Phi) is 4.77. The molecular formula is C14H14BrNO3S. The van der Waals surface area contributed by atoms with Crippen LogP contribution in [0, 0.1) is 13.8 Å². The van der Waals surface area contributed by atoms with Gasteiger partial charge in [0.05, 0.1) is 17.8 Å². The second kappa shape index (κ2) is 6.37. The average Bonchev–Trinajstić information content (AvgIpc) is 2.77. The number of carboxylic acid groups (broad SMARTS) is 1. The van der Waals surface area contributed by atoms with Gasteiger partial charge in [-0.05, 0) is 31.5 Å². The third kappa shape index (κ3) is 3.37. The third-order valence-electron chi connectivity index (χ3n) is 2.89. The number of carbonyl (C=O) groups is 1. The second-order valence-electron chi connectivity index (χ2n) is 4.36. The summed E-state index contributed by atoms with van der Waals surface area (Å²) in [7, 11) is 0. The predicted octanol–water partition coefficient (Wildman–Crippen LogP) is 3.84. The zero-order valence-electron chi connectivity index (χ0n) is 11.1. The molecule has 2 rings (SSSR count). The van der Waals surface area contributed by atoms with Crippen molar-refractivity contribution in [2.75, 3.05) is 6.61 Å². The Bertz CT molecular complexity index is 639. The van der Waals surface area contributed by atoms with E-state index in [1.807, 2.05) is 19.9 Å². The van der Waals surface area contributed by atoms with E-state index in [0.29, 0.717) is 12.4 Å². The molecule has 0 bridgehead atoms. The molecule has 1 aromatic heterocycles. The minimum absolute atomic E-state index is 0.179. The highest BCUT2D eigenvalue weighted by molar-refractivity contribution is 9.10. The van der Waals surface area contributed by atoms with Gasteiger partial charge in [0, 0.05) is 15.8 Å². The first-order valence-corrected chi connectivity index (χ1v) is 7.71. The van der Waals surface area contributed by atoms with E-state index in [0.717, 1.165) is 27.0 Å². The van der Waals surface area contributed by atoms with Gasteiger partial charge < -0.3 is 9.84 Å². The number of ether oxygens (including phenoxy) is 1. The van der Waals surface area contributed by atoms with Crippen molar-refractivity contribution < 1.29 is 14.6 Å². The van der Waals surface area contributed by atoms with Crippen LogP contribution in [-0.2, 0) is 6.42 Å². The molecule has 2 aromatic rings. The van der Waals surface area contributed by atoms with Crippen LogP contribution in [-0.4, -0.2) is 22.7 Å². The summed E-state index contributed by atoms with van der Waals surface area (Å²) in [5.74, 6) is -0.554. The average molecular weight is 356 g/mol. The molecule has 0 saturated heterocycles. The lowest BCUT2D eigenvalue weighted by molar-refractivity contribution is 0.0692. The van der Waals surface area contributed by atoms with Gasteiger partial charge in [-0.15, -0.1) is 11.3 Å². The minimum Gasteiger partial charge on any atom is -0.492 e. The lowest BCUT2D eigenvalue weighted by Gasteiger charge is -2.12. The summed E-state index contributed by atoms with van der Waals surface area (Å²) in [5, 5.41) is 9.23. The van der Waals surface area contributed by atoms with Crippen molar-refractivity contribution in [3.63, 3.8) is 0 Å². The number of aromatic nitrogens is 1. The fraction of sp³-hybridized carbons (Fsp3) is 0.286. The molecule has 0 radical (unpaired) electrons. The van der Waals surface area contributed by atoms with Crippen molar-refractivity contribution in [1.29, 1.82) is 0 Å². The first-order chi connectivity index (χ1) is 9.49. The molecule has 1 heterocycles. The Balaban J connectivity index is 2.13. The van der Waals surface area contributed by atoms with Gasteiger partial charge in [0.15, 0.2) is 0 Å². The van der Waals surface area contributed by atoms with Gasteiger partial charge in [0.2, 0.25) is 0 Å². The lowest BCUT2D eigenvalue weighted by atomic mass is 10.1. The van der Waals surface area contributed by atoms with Crippen LogP contribution in [0.3, 0.4) is 0 Å². The first kappa shape index (κ1) is 15.0. The van der Waals surface area contributed by atoms with Crippen molar-refractivity contribution >= 4 is 33.2 Å². The van der Waals surface area contributed by atoms with E-state index in [-0.39, 0.29) is 5.56 Å². The quantitative estimate of drug-likeness (QED) is 0.884. The van der Waals surface area contributed by atoms with E-state index < -0.39 is 5.97 Å². The van der Waals surface area contributed by atoms with Crippen LogP contribution < -0.4 is 4.74 Å². The van der Waals surface area contributed by atoms with Crippen LogP contribution in [0.5, 0.6) is 5.75 Å². The van der Waals surface area contributed by atoms with Crippen molar-refractivity contribution in [2.45, 2.75) is 20.3 Å². The number of carboxylic acids is 1. The largest absolute Gasteiger partial charge is 0.492 e. The highest BCUT2D eigenvalue weighted by Crippen LogP contribution is 2.28. The molecule has 0 aliphatic rings. The molecule has 0 amide bonds. The molecule has 1 aromatic carbocycles. The molecular weight excluding hydrogens is 342 g/mol. The number of thiazole rings is 1. The maximum absolute atomic E-state index is 11.3. The summed E-state index contributed by atoms with van der Waals surface area (Å²) in [4.78, 5) is 16.6. The number of aromatic carboxylic acids is 1. The van der Waals surface area contributed by atoms with Crippen molar-refractivity contribution in [1.82, 2.24) is 4.98 Å². The first-order valence-electron chi connectivity index (χ1n) is 6.04. The summed E-state index contributed by atoms with van der Waals surface area (Å²) >= 11 is 4.89. The van der Waals surface area contributed by atoms with Crippen LogP contribution in [0.25, 0.3) is 0 Å². The molecule has 0 atom stereocenters. The third-order valence-corrected chi connectivity index (χ3v) is 4.34. The van der Waals surface area contributed by atoms with E-state index in [4.69, 9.17) is 4.74 Å². The molecule has 0 fully saturated rings. The molecule has 0 spiro atoms. The number of nitrogens with zero attached hydrogens (tertiary/aromatic N) is 1. The molecule has 0 aliphatic heterocycles. The molecule has 20 heavy (non-hydrogen) atoms. The highest BCUT2D eigenvalue weighted by Gasteiger charge is 2.15. The van der Waals surface area contributed by atoms with Gasteiger partial charge in [-0.1, -0.05) is 15.9 Å². The number of halogens is 1. The summed E-state index contributed by atoms with van der Waals surface area (Å²) < 4.78 is 6.42. The Morgan fingerprint density at radius 1 is 1.45 bits per heavy atom. The molecule has 0 saturated carbocycles. The molecule has 0 unspecified atom stereocenters. The van der Waals surface area contributed by atoms with E-state index in [2.05, 4.69) is 20.9 Å². The van der Waals surface area contributed by atoms with Crippen LogP contribution in [0.4, 0.5) is 0 Å². The number of hydrogen-bond acceptors (Lipinski definition) is 4. The Labute approximate surface area is 129 Å². The summed E-state index contributed by atoms with van der Waals surface area (Å²) in [6.45, 7) is 4.23. The zero-order chi connectivity index (χ0) is 14.7. The van der Waals surface area contributed by atoms with Gasteiger partial charge in [-0.2, -0.15) is 0 Å². The Morgan fingerprint density at radius 2 is 2.20 bits per heavy atom. The Morgan fingerprint density at radius 3 is 2.80 bits per heavy atom. The number of benzene rings is 1. The van der Waals surface area contributed by atoms with Crippen molar-refractivity contribution in [3.05, 3.63) is 43.8 Å². The van der Waals surface area contributed by atoms with E-state index in [9.17, 15) is 9.90 Å². The van der Waals surface area contributed by atoms with Crippen LogP contribution in [0.15, 0.2) is 22.1 Å². The van der Waals surface area contributed by atoms with Gasteiger partial charge in [-0.3, -0.25) is 0 Å². The zero-order valence-corrected chi connectivity index (χ0v) is 13.5. The normalized spacial score (nSPS) is 10.6. The SMILES string of the molecule is Cc1cc(Br)cc(C(=O)O)c1OCCc1scnc1C. The summed E-state index contributed by atoms with van der Waals surface area (Å²) in [6, 6.07) is 3.41. The topological polar surface area (TPSA) is 59.4 Å². The number of aryl methyl sites for hydroxylation is 2. The fourth-order valence-corrected chi connectivity index (χ4v) is 3.23. The van der Waals surface area contributed by atoms with Crippen molar-refractivity contribution in [3.8, 4) is 5.75 Å². The van der Waals surface area contributed by atoms with Gasteiger partial charge in [-0.25, -0.2) is 9.78 Å². The maximum atomic E-state index is 11.3. The van der Waals surface area contributed by atoms with Gasteiger partial charge in [0.1, 0.15) is 11.3 Å². The number of rotatable bonds is 5. The standard InChI is InChI=1S/C14H14BrNO3S/c1-8-5-10(15)6-11(14(17)18)13(8)19-4-3-12-9(2)16-7-20-12/h5-7H,3-4H2,1-2H3,(H,17,18). The second-order valence-corrected chi connectivity index (χ2v) is 6.22.